The molecular weight excluding hydrogens is 292 g/mol. The fourth-order valence-corrected chi connectivity index (χ4v) is 1.26. The second-order valence-corrected chi connectivity index (χ2v) is 3.48. The van der Waals surface area contributed by atoms with Crippen LogP contribution in [0, 0.1) is 5.92 Å². The van der Waals surface area contributed by atoms with Gasteiger partial charge >= 0.3 is 12.4 Å². The molecule has 0 aromatic carbocycles. The van der Waals surface area contributed by atoms with E-state index < -0.39 is 50.2 Å². The molecule has 0 unspecified atom stereocenters. The van der Waals surface area contributed by atoms with Gasteiger partial charge < -0.3 is 10.6 Å². The zero-order valence-corrected chi connectivity index (χ0v) is 9.23. The van der Waals surface area contributed by atoms with E-state index in [9.17, 15) is 39.9 Å². The van der Waals surface area contributed by atoms with Crippen molar-refractivity contribution in [3.63, 3.8) is 0 Å². The van der Waals surface area contributed by atoms with Crippen LogP contribution in [0.2, 0.25) is 0 Å². The number of amides is 1. The zero-order chi connectivity index (χ0) is 15.4. The minimum atomic E-state index is -5.91. The minimum Gasteiger partial charge on any atom is -0.335 e. The van der Waals surface area contributed by atoms with E-state index in [0.717, 1.165) is 0 Å². The van der Waals surface area contributed by atoms with Gasteiger partial charge in [0.05, 0.1) is 6.54 Å². The number of halogens is 8. The highest BCUT2D eigenvalue weighted by molar-refractivity contribution is 5.80. The zero-order valence-electron chi connectivity index (χ0n) is 9.23. The van der Waals surface area contributed by atoms with Gasteiger partial charge in [-0.2, -0.15) is 26.3 Å². The summed E-state index contributed by atoms with van der Waals surface area (Å²) in [6, 6.07) is 0. The molecule has 0 rings (SSSR count). The van der Waals surface area contributed by atoms with E-state index >= 15 is 0 Å². The first-order valence-corrected chi connectivity index (χ1v) is 4.81. The van der Waals surface area contributed by atoms with Crippen LogP contribution in [0.1, 0.15) is 0 Å². The Bertz CT molecular complexity index is 286. The van der Waals surface area contributed by atoms with E-state index in [1.807, 2.05) is 0 Å². The number of hydrogen-bond acceptors (Lipinski definition) is 2. The molecule has 11 heteroatoms. The Morgan fingerprint density at radius 3 is 1.74 bits per heavy atom. The molecule has 19 heavy (non-hydrogen) atoms. The Morgan fingerprint density at radius 1 is 1.05 bits per heavy atom. The number of hydrogen-bond donors (Lipinski definition) is 1. The summed E-state index contributed by atoms with van der Waals surface area (Å²) in [4.78, 5) is 10.9. The molecule has 0 aromatic heterocycles. The van der Waals surface area contributed by atoms with Crippen molar-refractivity contribution in [1.82, 2.24) is 4.90 Å². The second kappa shape index (κ2) is 6.35. The Kier molecular flexibility index (Phi) is 5.97. The molecule has 0 aliphatic carbocycles. The lowest BCUT2D eigenvalue weighted by Gasteiger charge is -2.29. The standard InChI is InChI=1S/C8H10F8N2O/c9-4(10)3-18(2-1-17)6(19)5(7(11,12)13)8(14,15)16/h4-5H,1-3,17H2. The van der Waals surface area contributed by atoms with Crippen LogP contribution in [-0.4, -0.2) is 49.2 Å². The van der Waals surface area contributed by atoms with Crippen LogP contribution in [0.5, 0.6) is 0 Å². The molecule has 0 fully saturated rings. The summed E-state index contributed by atoms with van der Waals surface area (Å²) in [5, 5.41) is 0. The van der Waals surface area contributed by atoms with Crippen LogP contribution in [0.25, 0.3) is 0 Å². The molecule has 0 radical (unpaired) electrons. The van der Waals surface area contributed by atoms with Crippen LogP contribution in [0.4, 0.5) is 35.1 Å². The maximum atomic E-state index is 12.2. The molecule has 0 spiro atoms. The highest BCUT2D eigenvalue weighted by Gasteiger charge is 2.62. The van der Waals surface area contributed by atoms with Crippen LogP contribution < -0.4 is 5.73 Å². The maximum Gasteiger partial charge on any atom is 0.409 e. The average molecular weight is 302 g/mol. The molecule has 0 aromatic rings. The number of nitrogens with two attached hydrogens (primary N) is 1. The smallest absolute Gasteiger partial charge is 0.335 e. The number of carbonyl (C=O) groups excluding carboxylic acids is 1. The third-order valence-corrected chi connectivity index (χ3v) is 1.97. The molecule has 0 atom stereocenters. The van der Waals surface area contributed by atoms with Crippen LogP contribution in [0.15, 0.2) is 0 Å². The molecule has 0 aliphatic heterocycles. The van der Waals surface area contributed by atoms with Gasteiger partial charge in [0, 0.05) is 13.1 Å². The molecule has 0 saturated heterocycles. The van der Waals surface area contributed by atoms with E-state index in [1.165, 1.54) is 0 Å². The summed E-state index contributed by atoms with van der Waals surface area (Å²) in [6.45, 7) is -2.91. The van der Waals surface area contributed by atoms with E-state index in [0.29, 0.717) is 0 Å². The van der Waals surface area contributed by atoms with Crippen molar-refractivity contribution in [3.8, 4) is 0 Å². The van der Waals surface area contributed by atoms with Crippen molar-refractivity contribution in [2.45, 2.75) is 18.8 Å². The molecule has 0 bridgehead atoms. The third kappa shape index (κ3) is 5.57. The normalized spacial score (nSPS) is 13.2. The first kappa shape index (κ1) is 17.9. The average Bonchev–Trinajstić information content (AvgIpc) is 2.11. The predicted molar refractivity (Wildman–Crippen MR) is 47.2 cm³/mol. The van der Waals surface area contributed by atoms with Crippen molar-refractivity contribution in [1.29, 1.82) is 0 Å². The summed E-state index contributed by atoms with van der Waals surface area (Å²) < 4.78 is 97.4. The summed E-state index contributed by atoms with van der Waals surface area (Å²) in [5.74, 6) is -6.81. The number of alkyl halides is 8. The van der Waals surface area contributed by atoms with Crippen molar-refractivity contribution < 1.29 is 39.9 Å². The van der Waals surface area contributed by atoms with E-state index in [4.69, 9.17) is 5.73 Å². The third-order valence-electron chi connectivity index (χ3n) is 1.97. The molecule has 0 heterocycles. The molecule has 114 valence electrons. The number of nitrogens with zero attached hydrogens (tertiary/aromatic N) is 1. The molecule has 0 saturated carbocycles. The fourth-order valence-electron chi connectivity index (χ4n) is 1.26. The van der Waals surface area contributed by atoms with E-state index in [2.05, 4.69) is 0 Å². The number of rotatable bonds is 5. The van der Waals surface area contributed by atoms with Crippen LogP contribution in [-0.2, 0) is 4.79 Å². The van der Waals surface area contributed by atoms with Gasteiger partial charge in [-0.3, -0.25) is 4.79 Å². The van der Waals surface area contributed by atoms with Gasteiger partial charge in [0.25, 0.3) is 6.43 Å². The molecule has 3 nitrogen and oxygen atoms in total. The van der Waals surface area contributed by atoms with Gasteiger partial charge in [-0.15, -0.1) is 0 Å². The van der Waals surface area contributed by atoms with Gasteiger partial charge in [0.1, 0.15) is 0 Å². The predicted octanol–water partition coefficient (Wildman–Crippen LogP) is 1.78. The maximum absolute atomic E-state index is 12.2. The largest absolute Gasteiger partial charge is 0.409 e. The Balaban J connectivity index is 5.25. The molecule has 0 aliphatic rings. The summed E-state index contributed by atoms with van der Waals surface area (Å²) >= 11 is 0. The van der Waals surface area contributed by atoms with E-state index in [1.54, 1.807) is 0 Å². The minimum absolute atomic E-state index is 0.240. The monoisotopic (exact) mass is 302 g/mol. The molecule has 1 amide bonds. The summed E-state index contributed by atoms with van der Waals surface area (Å²) in [6.07, 6.45) is -15.1. The lowest BCUT2D eigenvalue weighted by Crippen LogP contribution is -2.51. The number of carbonyl (C=O) groups is 1. The van der Waals surface area contributed by atoms with Gasteiger partial charge in [0.15, 0.2) is 0 Å². The van der Waals surface area contributed by atoms with Gasteiger partial charge in [-0.1, -0.05) is 0 Å². The Hall–Kier alpha value is -1.13. The Morgan fingerprint density at radius 2 is 1.47 bits per heavy atom. The Labute approximate surface area is 102 Å². The highest BCUT2D eigenvalue weighted by Crippen LogP contribution is 2.40. The van der Waals surface area contributed by atoms with E-state index in [-0.39, 0.29) is 4.90 Å². The van der Waals surface area contributed by atoms with Crippen LogP contribution >= 0.6 is 0 Å². The lowest BCUT2D eigenvalue weighted by molar-refractivity contribution is -0.278. The van der Waals surface area contributed by atoms with Gasteiger partial charge in [0.2, 0.25) is 11.8 Å². The first-order chi connectivity index (χ1) is 8.41. The van der Waals surface area contributed by atoms with Crippen molar-refractivity contribution in [2.24, 2.45) is 11.7 Å². The van der Waals surface area contributed by atoms with Gasteiger partial charge in [-0.25, -0.2) is 8.78 Å². The van der Waals surface area contributed by atoms with Crippen LogP contribution in [0.3, 0.4) is 0 Å². The molecule has 2 N–H and O–H groups in total. The van der Waals surface area contributed by atoms with Crippen molar-refractivity contribution in [3.05, 3.63) is 0 Å². The summed E-state index contributed by atoms with van der Waals surface area (Å²) in [5.41, 5.74) is 4.86. The lowest BCUT2D eigenvalue weighted by atomic mass is 10.1. The SMILES string of the molecule is NCCN(CC(F)F)C(=O)C(C(F)(F)F)C(F)(F)F. The highest BCUT2D eigenvalue weighted by atomic mass is 19.4. The first-order valence-electron chi connectivity index (χ1n) is 4.81. The van der Waals surface area contributed by atoms with Crippen molar-refractivity contribution >= 4 is 5.91 Å². The summed E-state index contributed by atoms with van der Waals surface area (Å²) in [7, 11) is 0. The van der Waals surface area contributed by atoms with Crippen molar-refractivity contribution in [2.75, 3.05) is 19.6 Å². The quantitative estimate of drug-likeness (QED) is 0.787. The molecular formula is C8H10F8N2O. The topological polar surface area (TPSA) is 46.3 Å². The fraction of sp³-hybridized carbons (Fsp3) is 0.875. The second-order valence-electron chi connectivity index (χ2n) is 3.48. The van der Waals surface area contributed by atoms with Gasteiger partial charge in [-0.05, 0) is 0 Å².